The molecule has 4 aromatic rings. The van der Waals surface area contributed by atoms with Gasteiger partial charge in [0.2, 0.25) is 0 Å². The van der Waals surface area contributed by atoms with Gasteiger partial charge in [0.05, 0.1) is 11.0 Å². The molecule has 0 bridgehead atoms. The molecule has 0 saturated heterocycles. The number of para-hydroxylation sites is 2. The highest BCUT2D eigenvalue weighted by Gasteiger charge is 2.15. The molecule has 0 amide bonds. The minimum absolute atomic E-state index is 0.229. The van der Waals surface area contributed by atoms with E-state index >= 15 is 0 Å². The number of nitrogens with zero attached hydrogens (tertiary/aromatic N) is 2. The molecule has 2 heterocycles. The largest absolute Gasteiger partial charge is 0.422 e. The topological polar surface area (TPSA) is 48.0 Å². The van der Waals surface area contributed by atoms with Gasteiger partial charge in [-0.1, -0.05) is 12.1 Å². The number of imidazole rings is 1. The zero-order valence-corrected chi connectivity index (χ0v) is 11.7. The first-order chi connectivity index (χ1) is 10.6. The zero-order valence-electron chi connectivity index (χ0n) is 11.7. The Morgan fingerprint density at radius 1 is 1.14 bits per heavy atom. The van der Waals surface area contributed by atoms with Crippen LogP contribution in [0.1, 0.15) is 0 Å². The highest BCUT2D eigenvalue weighted by atomic mass is 19.1. The third-order valence-corrected chi connectivity index (χ3v) is 3.73. The fourth-order valence-corrected chi connectivity index (χ4v) is 2.63. The molecule has 0 fully saturated rings. The second kappa shape index (κ2) is 4.53. The van der Waals surface area contributed by atoms with Gasteiger partial charge >= 0.3 is 5.63 Å². The van der Waals surface area contributed by atoms with Gasteiger partial charge in [0.25, 0.3) is 0 Å². The van der Waals surface area contributed by atoms with Crippen LogP contribution in [0.25, 0.3) is 33.4 Å². The van der Waals surface area contributed by atoms with Gasteiger partial charge in [0.15, 0.2) is 0 Å². The average Bonchev–Trinajstić information content (AvgIpc) is 2.84. The molecule has 5 heteroatoms. The number of hydrogen-bond acceptors (Lipinski definition) is 3. The molecular weight excluding hydrogens is 283 g/mol. The van der Waals surface area contributed by atoms with Gasteiger partial charge in [0, 0.05) is 18.5 Å². The van der Waals surface area contributed by atoms with Crippen LogP contribution in [-0.2, 0) is 7.05 Å². The SMILES string of the molecule is Cn1c(-c2cc3ccc(F)cc3oc2=O)nc2ccccc21. The van der Waals surface area contributed by atoms with E-state index in [2.05, 4.69) is 4.98 Å². The van der Waals surface area contributed by atoms with E-state index in [0.717, 1.165) is 11.0 Å². The molecule has 2 aromatic heterocycles. The van der Waals surface area contributed by atoms with Gasteiger partial charge in [-0.05, 0) is 30.3 Å². The standard InChI is InChI=1S/C17H11FN2O2/c1-20-14-5-3-2-4-13(14)19-16(20)12-8-10-6-7-11(18)9-15(10)22-17(12)21/h2-9H,1H3. The van der Waals surface area contributed by atoms with Crippen LogP contribution in [-0.4, -0.2) is 9.55 Å². The quantitative estimate of drug-likeness (QED) is 0.505. The van der Waals surface area contributed by atoms with Gasteiger partial charge in [-0.3, -0.25) is 0 Å². The Kier molecular flexibility index (Phi) is 2.63. The molecule has 0 aliphatic heterocycles. The lowest BCUT2D eigenvalue weighted by molar-refractivity contribution is 0.555. The number of halogens is 1. The maximum atomic E-state index is 13.2. The third kappa shape index (κ3) is 1.83. The van der Waals surface area contributed by atoms with Crippen LogP contribution in [0, 0.1) is 5.82 Å². The van der Waals surface area contributed by atoms with Crippen molar-refractivity contribution in [3.05, 3.63) is 64.8 Å². The van der Waals surface area contributed by atoms with Crippen LogP contribution < -0.4 is 5.63 Å². The van der Waals surface area contributed by atoms with E-state index in [1.165, 1.54) is 12.1 Å². The Balaban J connectivity index is 2.03. The molecule has 0 aliphatic rings. The number of aryl methyl sites for hydroxylation is 1. The summed E-state index contributed by atoms with van der Waals surface area (Å²) in [4.78, 5) is 16.7. The van der Waals surface area contributed by atoms with E-state index in [0.29, 0.717) is 16.8 Å². The number of aromatic nitrogens is 2. The van der Waals surface area contributed by atoms with Crippen molar-refractivity contribution < 1.29 is 8.81 Å². The molecule has 0 unspecified atom stereocenters. The predicted octanol–water partition coefficient (Wildman–Crippen LogP) is 3.49. The first-order valence-corrected chi connectivity index (χ1v) is 6.79. The Labute approximate surface area is 124 Å². The summed E-state index contributed by atoms with van der Waals surface area (Å²) in [5, 5.41) is 0.656. The second-order valence-electron chi connectivity index (χ2n) is 5.11. The van der Waals surface area contributed by atoms with Crippen molar-refractivity contribution in [1.82, 2.24) is 9.55 Å². The van der Waals surface area contributed by atoms with Crippen molar-refractivity contribution in [3.63, 3.8) is 0 Å². The monoisotopic (exact) mass is 294 g/mol. The summed E-state index contributed by atoms with van der Waals surface area (Å²) >= 11 is 0. The minimum Gasteiger partial charge on any atom is -0.422 e. The lowest BCUT2D eigenvalue weighted by Crippen LogP contribution is -2.06. The summed E-state index contributed by atoms with van der Waals surface area (Å²) in [5.74, 6) is 0.0901. The summed E-state index contributed by atoms with van der Waals surface area (Å²) in [6.07, 6.45) is 0. The molecule has 22 heavy (non-hydrogen) atoms. The van der Waals surface area contributed by atoms with Crippen molar-refractivity contribution in [2.75, 3.05) is 0 Å². The van der Waals surface area contributed by atoms with Crippen molar-refractivity contribution in [2.24, 2.45) is 7.05 Å². The molecule has 0 spiro atoms. The molecular formula is C17H11FN2O2. The minimum atomic E-state index is -0.531. The third-order valence-electron chi connectivity index (χ3n) is 3.73. The fourth-order valence-electron chi connectivity index (χ4n) is 2.63. The van der Waals surface area contributed by atoms with Crippen molar-refractivity contribution in [3.8, 4) is 11.4 Å². The first-order valence-electron chi connectivity index (χ1n) is 6.79. The van der Waals surface area contributed by atoms with E-state index in [1.54, 1.807) is 12.1 Å². The van der Waals surface area contributed by atoms with Gasteiger partial charge in [-0.25, -0.2) is 14.2 Å². The van der Waals surface area contributed by atoms with Gasteiger partial charge < -0.3 is 8.98 Å². The maximum Gasteiger partial charge on any atom is 0.347 e. The van der Waals surface area contributed by atoms with Crippen LogP contribution in [0.15, 0.2) is 57.7 Å². The van der Waals surface area contributed by atoms with E-state index in [1.807, 2.05) is 35.9 Å². The molecule has 2 aromatic carbocycles. The molecule has 0 radical (unpaired) electrons. The van der Waals surface area contributed by atoms with Crippen LogP contribution in [0.3, 0.4) is 0 Å². The van der Waals surface area contributed by atoms with Gasteiger partial charge in [-0.2, -0.15) is 0 Å². The molecule has 0 N–H and O–H groups in total. The van der Waals surface area contributed by atoms with Crippen molar-refractivity contribution in [2.45, 2.75) is 0 Å². The van der Waals surface area contributed by atoms with Crippen molar-refractivity contribution >= 4 is 22.0 Å². The van der Waals surface area contributed by atoms with Crippen LogP contribution in [0.2, 0.25) is 0 Å². The van der Waals surface area contributed by atoms with E-state index in [9.17, 15) is 9.18 Å². The summed E-state index contributed by atoms with van der Waals surface area (Å²) < 4.78 is 20.3. The maximum absolute atomic E-state index is 13.2. The Morgan fingerprint density at radius 2 is 1.95 bits per heavy atom. The summed E-state index contributed by atoms with van der Waals surface area (Å²) in [6.45, 7) is 0. The molecule has 108 valence electrons. The highest BCUT2D eigenvalue weighted by molar-refractivity contribution is 5.84. The first kappa shape index (κ1) is 12.8. The van der Waals surface area contributed by atoms with E-state index in [4.69, 9.17) is 4.42 Å². The Hall–Kier alpha value is -2.95. The predicted molar refractivity (Wildman–Crippen MR) is 82.2 cm³/mol. The van der Waals surface area contributed by atoms with Gasteiger partial charge in [-0.15, -0.1) is 0 Å². The summed E-state index contributed by atoms with van der Waals surface area (Å²) in [7, 11) is 1.85. The molecule has 0 atom stereocenters. The highest BCUT2D eigenvalue weighted by Crippen LogP contribution is 2.24. The molecule has 0 aliphatic carbocycles. The molecule has 4 rings (SSSR count). The number of hydrogen-bond donors (Lipinski definition) is 0. The lowest BCUT2D eigenvalue weighted by Gasteiger charge is -2.03. The molecule has 0 saturated carbocycles. The van der Waals surface area contributed by atoms with Gasteiger partial charge in [0.1, 0.15) is 22.8 Å². The van der Waals surface area contributed by atoms with Crippen molar-refractivity contribution in [1.29, 1.82) is 0 Å². The summed E-state index contributed by atoms with van der Waals surface area (Å²) in [6, 6.07) is 13.4. The smallest absolute Gasteiger partial charge is 0.347 e. The number of rotatable bonds is 1. The van der Waals surface area contributed by atoms with Crippen LogP contribution >= 0.6 is 0 Å². The average molecular weight is 294 g/mol. The normalized spacial score (nSPS) is 11.4. The lowest BCUT2D eigenvalue weighted by atomic mass is 10.2. The fraction of sp³-hybridized carbons (Fsp3) is 0.0588. The molecule has 4 nitrogen and oxygen atoms in total. The van der Waals surface area contributed by atoms with E-state index < -0.39 is 11.4 Å². The Bertz CT molecular complexity index is 1080. The number of benzene rings is 2. The van der Waals surface area contributed by atoms with E-state index in [-0.39, 0.29) is 5.58 Å². The van der Waals surface area contributed by atoms with Crippen LogP contribution in [0.4, 0.5) is 4.39 Å². The Morgan fingerprint density at radius 3 is 2.77 bits per heavy atom. The second-order valence-corrected chi connectivity index (χ2v) is 5.11. The zero-order chi connectivity index (χ0) is 15.3. The number of fused-ring (bicyclic) bond motifs is 2. The summed E-state index contributed by atoms with van der Waals surface area (Å²) in [5.41, 5.74) is 1.79. The van der Waals surface area contributed by atoms with Crippen LogP contribution in [0.5, 0.6) is 0 Å².